The monoisotopic (exact) mass is 288 g/mol. The van der Waals surface area contributed by atoms with Gasteiger partial charge >= 0.3 is 0 Å². The lowest BCUT2D eigenvalue weighted by Gasteiger charge is -2.43. The van der Waals surface area contributed by atoms with E-state index in [9.17, 15) is 5.11 Å². The maximum absolute atomic E-state index is 10.2. The molecule has 1 aliphatic heterocycles. The second-order valence-corrected chi connectivity index (χ2v) is 6.66. The van der Waals surface area contributed by atoms with Gasteiger partial charge in [0.2, 0.25) is 0 Å². The van der Waals surface area contributed by atoms with Crippen LogP contribution in [-0.2, 0) is 0 Å². The predicted molar refractivity (Wildman–Crippen MR) is 88.0 cm³/mol. The molecule has 1 heterocycles. The molecule has 2 aliphatic rings. The molecule has 2 fully saturated rings. The average Bonchev–Trinajstić information content (AvgIpc) is 2.51. The Morgan fingerprint density at radius 3 is 2.43 bits per heavy atom. The Morgan fingerprint density at radius 1 is 1.00 bits per heavy atom. The Labute approximate surface area is 128 Å². The molecule has 3 rings (SSSR count). The lowest BCUT2D eigenvalue weighted by molar-refractivity contribution is 0.0173. The first-order valence-corrected chi connectivity index (χ1v) is 8.40. The summed E-state index contributed by atoms with van der Waals surface area (Å²) in [4.78, 5) is 5.03. The molecule has 0 radical (unpaired) electrons. The Morgan fingerprint density at radius 2 is 1.71 bits per heavy atom. The van der Waals surface area contributed by atoms with Gasteiger partial charge in [0.25, 0.3) is 0 Å². The highest BCUT2D eigenvalue weighted by molar-refractivity contribution is 5.56. The molecule has 1 aromatic rings. The van der Waals surface area contributed by atoms with Gasteiger partial charge in [-0.2, -0.15) is 0 Å². The maximum Gasteiger partial charge on any atom is 0.0695 e. The van der Waals surface area contributed by atoms with Gasteiger partial charge in [0.1, 0.15) is 0 Å². The molecule has 2 atom stereocenters. The van der Waals surface area contributed by atoms with Crippen molar-refractivity contribution < 1.29 is 5.11 Å². The predicted octanol–water partition coefficient (Wildman–Crippen LogP) is 2.73. The van der Waals surface area contributed by atoms with Gasteiger partial charge in [-0.05, 0) is 43.9 Å². The molecule has 0 aromatic heterocycles. The van der Waals surface area contributed by atoms with Crippen LogP contribution < -0.4 is 4.90 Å². The van der Waals surface area contributed by atoms with E-state index in [1.165, 1.54) is 36.1 Å². The third-order valence-electron chi connectivity index (χ3n) is 5.39. The van der Waals surface area contributed by atoms with Crippen molar-refractivity contribution in [1.29, 1.82) is 0 Å². The third kappa shape index (κ3) is 3.09. The highest BCUT2D eigenvalue weighted by atomic mass is 16.3. The van der Waals surface area contributed by atoms with E-state index < -0.39 is 0 Å². The lowest BCUT2D eigenvalue weighted by Crippen LogP contribution is -2.54. The Bertz CT molecular complexity index is 480. The smallest absolute Gasteiger partial charge is 0.0695 e. The zero-order valence-corrected chi connectivity index (χ0v) is 13.4. The molecule has 3 nitrogen and oxygen atoms in total. The van der Waals surface area contributed by atoms with E-state index in [1.807, 2.05) is 0 Å². The summed E-state index contributed by atoms with van der Waals surface area (Å²) in [7, 11) is 0. The fraction of sp³-hybridized carbons (Fsp3) is 0.667. The number of nitrogens with zero attached hydrogens (tertiary/aromatic N) is 2. The summed E-state index contributed by atoms with van der Waals surface area (Å²) in [5.41, 5.74) is 4.17. The fourth-order valence-corrected chi connectivity index (χ4v) is 3.89. The Kier molecular flexibility index (Phi) is 4.51. The van der Waals surface area contributed by atoms with Crippen LogP contribution in [0.4, 0.5) is 5.69 Å². The normalized spacial score (nSPS) is 27.9. The van der Waals surface area contributed by atoms with Crippen molar-refractivity contribution in [2.75, 3.05) is 31.1 Å². The fourth-order valence-electron chi connectivity index (χ4n) is 3.89. The van der Waals surface area contributed by atoms with Gasteiger partial charge in [-0.15, -0.1) is 0 Å². The topological polar surface area (TPSA) is 26.7 Å². The number of anilines is 1. The third-order valence-corrected chi connectivity index (χ3v) is 5.39. The molecule has 1 aliphatic carbocycles. The molecular formula is C18H28N2O. The van der Waals surface area contributed by atoms with Gasteiger partial charge in [-0.1, -0.05) is 25.0 Å². The van der Waals surface area contributed by atoms with Crippen molar-refractivity contribution in [2.45, 2.75) is 51.7 Å². The molecule has 21 heavy (non-hydrogen) atoms. The SMILES string of the molecule is Cc1cccc(N2CCN([C@@H]3CCCC[C@H]3O)CC2)c1C. The lowest BCUT2D eigenvalue weighted by atomic mass is 9.91. The molecule has 0 amide bonds. The van der Waals surface area contributed by atoms with Gasteiger partial charge in [0.05, 0.1) is 6.10 Å². The zero-order chi connectivity index (χ0) is 14.8. The standard InChI is InChI=1S/C18H28N2O/c1-14-6-5-8-16(15(14)2)19-10-12-20(13-11-19)17-7-3-4-9-18(17)21/h5-6,8,17-18,21H,3-4,7,9-13H2,1-2H3/t17-,18-/m1/s1. The minimum Gasteiger partial charge on any atom is -0.391 e. The molecule has 1 saturated carbocycles. The summed E-state index contributed by atoms with van der Waals surface area (Å²) in [5, 5.41) is 10.2. The quantitative estimate of drug-likeness (QED) is 0.906. The molecule has 0 bridgehead atoms. The number of hydrogen-bond donors (Lipinski definition) is 1. The van der Waals surface area contributed by atoms with Crippen LogP contribution in [0.2, 0.25) is 0 Å². The van der Waals surface area contributed by atoms with Gasteiger partial charge < -0.3 is 10.0 Å². The van der Waals surface area contributed by atoms with Crippen LogP contribution in [-0.4, -0.2) is 48.3 Å². The number of benzene rings is 1. The van der Waals surface area contributed by atoms with Crippen LogP contribution >= 0.6 is 0 Å². The van der Waals surface area contributed by atoms with Crippen LogP contribution in [0.25, 0.3) is 0 Å². The minimum atomic E-state index is -0.106. The van der Waals surface area contributed by atoms with Gasteiger partial charge in [0, 0.05) is 37.9 Å². The van der Waals surface area contributed by atoms with Crippen molar-refractivity contribution in [1.82, 2.24) is 4.90 Å². The minimum absolute atomic E-state index is 0.106. The van der Waals surface area contributed by atoms with E-state index >= 15 is 0 Å². The van der Waals surface area contributed by atoms with E-state index in [0.717, 1.165) is 32.6 Å². The summed E-state index contributed by atoms with van der Waals surface area (Å²) in [6, 6.07) is 7.00. The number of aryl methyl sites for hydroxylation is 1. The van der Waals surface area contributed by atoms with Crippen molar-refractivity contribution in [3.63, 3.8) is 0 Å². The van der Waals surface area contributed by atoms with E-state index in [-0.39, 0.29) is 6.10 Å². The largest absolute Gasteiger partial charge is 0.391 e. The molecule has 1 aromatic carbocycles. The first-order valence-electron chi connectivity index (χ1n) is 8.40. The van der Waals surface area contributed by atoms with Gasteiger partial charge in [0.15, 0.2) is 0 Å². The van der Waals surface area contributed by atoms with Crippen molar-refractivity contribution in [2.24, 2.45) is 0 Å². The van der Waals surface area contributed by atoms with Crippen LogP contribution in [0, 0.1) is 13.8 Å². The molecule has 3 heteroatoms. The zero-order valence-electron chi connectivity index (χ0n) is 13.4. The summed E-state index contributed by atoms with van der Waals surface area (Å²) < 4.78 is 0. The first kappa shape index (κ1) is 14.9. The highest BCUT2D eigenvalue weighted by Crippen LogP contribution is 2.27. The molecule has 1 saturated heterocycles. The average molecular weight is 288 g/mol. The number of rotatable bonds is 2. The highest BCUT2D eigenvalue weighted by Gasteiger charge is 2.31. The second-order valence-electron chi connectivity index (χ2n) is 6.66. The molecule has 0 spiro atoms. The van der Waals surface area contributed by atoms with Crippen molar-refractivity contribution in [3.05, 3.63) is 29.3 Å². The number of aliphatic hydroxyl groups excluding tert-OH is 1. The number of piperazine rings is 1. The molecule has 116 valence electrons. The Balaban J connectivity index is 1.63. The van der Waals surface area contributed by atoms with Crippen molar-refractivity contribution in [3.8, 4) is 0 Å². The summed E-state index contributed by atoms with van der Waals surface area (Å²) in [6.07, 6.45) is 4.52. The molecular weight excluding hydrogens is 260 g/mol. The van der Waals surface area contributed by atoms with Gasteiger partial charge in [-0.25, -0.2) is 0 Å². The first-order chi connectivity index (χ1) is 10.2. The number of aliphatic hydroxyl groups is 1. The van der Waals surface area contributed by atoms with Crippen LogP contribution in [0.5, 0.6) is 0 Å². The van der Waals surface area contributed by atoms with E-state index in [4.69, 9.17) is 0 Å². The summed E-state index contributed by atoms with van der Waals surface area (Å²) >= 11 is 0. The van der Waals surface area contributed by atoms with E-state index in [0.29, 0.717) is 6.04 Å². The molecule has 1 N–H and O–H groups in total. The van der Waals surface area contributed by atoms with Crippen LogP contribution in [0.15, 0.2) is 18.2 Å². The van der Waals surface area contributed by atoms with Crippen molar-refractivity contribution >= 4 is 5.69 Å². The maximum atomic E-state index is 10.2. The van der Waals surface area contributed by atoms with Gasteiger partial charge in [-0.3, -0.25) is 4.90 Å². The van der Waals surface area contributed by atoms with Crippen LogP contribution in [0.3, 0.4) is 0 Å². The van der Waals surface area contributed by atoms with E-state index in [1.54, 1.807) is 0 Å². The molecule has 0 unspecified atom stereocenters. The number of hydrogen-bond acceptors (Lipinski definition) is 3. The van der Waals surface area contributed by atoms with E-state index in [2.05, 4.69) is 41.8 Å². The summed E-state index contributed by atoms with van der Waals surface area (Å²) in [5.74, 6) is 0. The van der Waals surface area contributed by atoms with Crippen LogP contribution in [0.1, 0.15) is 36.8 Å². The second kappa shape index (κ2) is 6.37. The Hall–Kier alpha value is -1.06. The summed E-state index contributed by atoms with van der Waals surface area (Å²) in [6.45, 7) is 8.72.